The Kier molecular flexibility index (Phi) is 7.52. The van der Waals surface area contributed by atoms with Crippen LogP contribution < -0.4 is 10.2 Å². The molecule has 0 unspecified atom stereocenters. The molecule has 1 N–H and O–H groups in total. The second kappa shape index (κ2) is 9.88. The number of hydrazone groups is 1. The van der Waals surface area contributed by atoms with Gasteiger partial charge in [0.15, 0.2) is 5.76 Å². The summed E-state index contributed by atoms with van der Waals surface area (Å²) in [6.07, 6.45) is 1.59. The summed E-state index contributed by atoms with van der Waals surface area (Å²) < 4.78 is 14.2. The molecule has 0 fully saturated rings. The summed E-state index contributed by atoms with van der Waals surface area (Å²) >= 11 is 7.90. The van der Waals surface area contributed by atoms with Gasteiger partial charge in [-0.2, -0.15) is 5.10 Å². The molecule has 0 radical (unpaired) electrons. The maximum atomic E-state index is 11.9. The Morgan fingerprint density at radius 2 is 1.86 bits per heavy atom. The third-order valence-electron chi connectivity index (χ3n) is 3.66. The Labute approximate surface area is 198 Å². The van der Waals surface area contributed by atoms with E-state index < -0.39 is 0 Å². The fourth-order valence-electron chi connectivity index (χ4n) is 2.31. The fraction of sp³-hybridized carbons (Fsp3) is 0.100. The maximum Gasteiger partial charge on any atom is 0.307 e. The molecule has 0 aliphatic heterocycles. The Morgan fingerprint density at radius 3 is 2.46 bits per heavy atom. The minimum absolute atomic E-state index is 0.232. The number of carbonyl (C=O) groups excluding carboxylic acids is 1. The number of hydrogen-bond donors (Lipinski definition) is 1. The Hall–Kier alpha value is -1.40. The van der Waals surface area contributed by atoms with E-state index >= 15 is 0 Å². The van der Waals surface area contributed by atoms with Crippen molar-refractivity contribution in [3.8, 4) is 5.75 Å². The van der Waals surface area contributed by atoms with Gasteiger partial charge in [0.2, 0.25) is 0 Å². The number of rotatable bonds is 6. The van der Waals surface area contributed by atoms with E-state index in [1.807, 2.05) is 36.4 Å². The van der Waals surface area contributed by atoms with E-state index in [1.54, 1.807) is 25.3 Å². The van der Waals surface area contributed by atoms with Gasteiger partial charge in [-0.1, -0.05) is 28.1 Å². The van der Waals surface area contributed by atoms with Crippen LogP contribution in [0.4, 0.5) is 0 Å². The fourth-order valence-corrected chi connectivity index (χ4v) is 4.70. The quantitative estimate of drug-likeness (QED) is 0.203. The van der Waals surface area contributed by atoms with Gasteiger partial charge in [-0.05, 0) is 99.6 Å². The van der Waals surface area contributed by atoms with Crippen molar-refractivity contribution < 1.29 is 13.9 Å². The van der Waals surface area contributed by atoms with Crippen molar-refractivity contribution in [1.82, 2.24) is 5.43 Å². The van der Waals surface area contributed by atoms with Crippen LogP contribution in [0.1, 0.15) is 27.4 Å². The summed E-state index contributed by atoms with van der Waals surface area (Å²) in [5.41, 5.74) is 4.42. The van der Waals surface area contributed by atoms with Crippen LogP contribution in [0.5, 0.6) is 5.75 Å². The molecule has 0 spiro atoms. The zero-order chi connectivity index (χ0) is 20.1. The summed E-state index contributed by atoms with van der Waals surface area (Å²) in [5, 5.41) is 4.00. The van der Waals surface area contributed by atoms with E-state index in [-0.39, 0.29) is 11.7 Å². The van der Waals surface area contributed by atoms with Crippen LogP contribution in [0.3, 0.4) is 0 Å². The molecule has 0 aliphatic rings. The van der Waals surface area contributed by atoms with E-state index in [0.717, 1.165) is 28.5 Å². The molecule has 1 heterocycles. The van der Waals surface area contributed by atoms with Crippen molar-refractivity contribution in [1.29, 1.82) is 0 Å². The summed E-state index contributed by atoms with van der Waals surface area (Å²) in [6, 6.07) is 15.3. The molecule has 0 bridgehead atoms. The molecule has 144 valence electrons. The zero-order valence-corrected chi connectivity index (χ0v) is 20.6. The molecule has 3 aromatic rings. The molecule has 8 heteroatoms. The topological polar surface area (TPSA) is 63.8 Å². The number of halogens is 3. The average Bonchev–Trinajstić information content (AvgIpc) is 3.09. The lowest BCUT2D eigenvalue weighted by atomic mass is 10.2. The van der Waals surface area contributed by atoms with Crippen LogP contribution in [0, 0.1) is 14.1 Å². The molecule has 0 aliphatic carbocycles. The van der Waals surface area contributed by atoms with Crippen LogP contribution in [-0.4, -0.2) is 12.1 Å². The summed E-state index contributed by atoms with van der Waals surface area (Å²) in [5.74, 6) is 1.35. The molecular weight excluding hydrogens is 650 g/mol. The van der Waals surface area contributed by atoms with Gasteiger partial charge in [-0.3, -0.25) is 4.79 Å². The van der Waals surface area contributed by atoms with Gasteiger partial charge < -0.3 is 9.15 Å². The highest BCUT2D eigenvalue weighted by Gasteiger charge is 2.10. The van der Waals surface area contributed by atoms with E-state index in [1.165, 1.54) is 0 Å². The summed E-state index contributed by atoms with van der Waals surface area (Å²) in [4.78, 5) is 11.9. The van der Waals surface area contributed by atoms with Crippen molar-refractivity contribution in [2.24, 2.45) is 5.10 Å². The first-order chi connectivity index (χ1) is 13.4. The number of benzene rings is 2. The maximum absolute atomic E-state index is 11.9. The van der Waals surface area contributed by atoms with E-state index in [2.05, 4.69) is 71.6 Å². The third kappa shape index (κ3) is 5.80. The second-order valence-corrected chi connectivity index (χ2v) is 9.08. The standard InChI is InChI=1S/C20H15BrI2N2O3/c1-12-2-7-18(28-12)20(26)25-24-10-14-8-16(22)19(17(23)9-14)27-11-13-3-5-15(21)6-4-13/h2-10H,11H2,1H3,(H,25,26)/b24-10+. The SMILES string of the molecule is Cc1ccc(C(=O)N/N=C/c2cc(I)c(OCc3ccc(Br)cc3)c(I)c2)o1. The number of ether oxygens (including phenoxy) is 1. The highest BCUT2D eigenvalue weighted by Crippen LogP contribution is 2.29. The van der Waals surface area contributed by atoms with Crippen LogP contribution >= 0.6 is 61.1 Å². The van der Waals surface area contributed by atoms with Gasteiger partial charge in [0.1, 0.15) is 18.1 Å². The van der Waals surface area contributed by atoms with E-state index in [4.69, 9.17) is 9.15 Å². The molecule has 0 saturated heterocycles. The number of aryl methyl sites for hydroxylation is 1. The predicted molar refractivity (Wildman–Crippen MR) is 129 cm³/mol. The Morgan fingerprint density at radius 1 is 1.18 bits per heavy atom. The first-order valence-electron chi connectivity index (χ1n) is 8.18. The number of hydrogen-bond acceptors (Lipinski definition) is 4. The number of nitrogens with zero attached hydrogens (tertiary/aromatic N) is 1. The summed E-state index contributed by atoms with van der Waals surface area (Å²) in [7, 11) is 0. The highest BCUT2D eigenvalue weighted by atomic mass is 127. The number of nitrogens with one attached hydrogen (secondary N) is 1. The average molecular weight is 665 g/mol. The Bertz CT molecular complexity index is 994. The van der Waals surface area contributed by atoms with Crippen LogP contribution in [-0.2, 0) is 6.61 Å². The molecule has 5 nitrogen and oxygen atoms in total. The van der Waals surface area contributed by atoms with Crippen LogP contribution in [0.25, 0.3) is 0 Å². The number of furan rings is 1. The number of carbonyl (C=O) groups is 1. The lowest BCUT2D eigenvalue weighted by Gasteiger charge is -2.11. The van der Waals surface area contributed by atoms with Crippen LogP contribution in [0.15, 0.2) is 62.5 Å². The first kappa shape index (κ1) is 21.3. The molecule has 28 heavy (non-hydrogen) atoms. The summed E-state index contributed by atoms with van der Waals surface area (Å²) in [6.45, 7) is 2.27. The van der Waals surface area contributed by atoms with Gasteiger partial charge in [0.25, 0.3) is 0 Å². The van der Waals surface area contributed by atoms with Crippen LogP contribution in [0.2, 0.25) is 0 Å². The van der Waals surface area contributed by atoms with Gasteiger partial charge in [0, 0.05) is 4.47 Å². The zero-order valence-electron chi connectivity index (χ0n) is 14.7. The molecular formula is C20H15BrI2N2O3. The van der Waals surface area contributed by atoms with Gasteiger partial charge in [-0.15, -0.1) is 0 Å². The molecule has 0 saturated carbocycles. The molecule has 1 aromatic heterocycles. The van der Waals surface area contributed by atoms with Gasteiger partial charge in [-0.25, -0.2) is 5.43 Å². The van der Waals surface area contributed by atoms with E-state index in [0.29, 0.717) is 12.4 Å². The number of amides is 1. The lowest BCUT2D eigenvalue weighted by molar-refractivity contribution is 0.0926. The molecule has 3 rings (SSSR count). The minimum Gasteiger partial charge on any atom is -0.487 e. The van der Waals surface area contributed by atoms with E-state index in [9.17, 15) is 4.79 Å². The van der Waals surface area contributed by atoms with Crippen molar-refractivity contribution in [2.45, 2.75) is 13.5 Å². The molecule has 2 aromatic carbocycles. The monoisotopic (exact) mass is 664 g/mol. The predicted octanol–water partition coefficient (Wildman–Crippen LogP) is 5.90. The van der Waals surface area contributed by atoms with Crippen molar-refractivity contribution in [3.63, 3.8) is 0 Å². The highest BCUT2D eigenvalue weighted by molar-refractivity contribution is 14.1. The largest absolute Gasteiger partial charge is 0.487 e. The van der Waals surface area contributed by atoms with Gasteiger partial charge in [0.05, 0.1) is 13.4 Å². The lowest BCUT2D eigenvalue weighted by Crippen LogP contribution is -2.16. The smallest absolute Gasteiger partial charge is 0.307 e. The Balaban J connectivity index is 1.63. The van der Waals surface area contributed by atoms with Crippen molar-refractivity contribution in [3.05, 3.63) is 82.8 Å². The molecule has 0 atom stereocenters. The van der Waals surface area contributed by atoms with Gasteiger partial charge >= 0.3 is 5.91 Å². The first-order valence-corrected chi connectivity index (χ1v) is 11.1. The minimum atomic E-state index is -0.386. The second-order valence-electron chi connectivity index (χ2n) is 5.84. The third-order valence-corrected chi connectivity index (χ3v) is 5.79. The normalized spacial score (nSPS) is 11.0. The molecule has 1 amide bonds. The van der Waals surface area contributed by atoms with Crippen molar-refractivity contribution >= 4 is 73.2 Å². The van der Waals surface area contributed by atoms with Crippen molar-refractivity contribution in [2.75, 3.05) is 0 Å².